The van der Waals surface area contributed by atoms with E-state index in [4.69, 9.17) is 0 Å². The van der Waals surface area contributed by atoms with Crippen molar-refractivity contribution in [2.75, 3.05) is 13.2 Å². The minimum atomic E-state index is -0.819. The van der Waals surface area contributed by atoms with Crippen LogP contribution < -0.4 is 0 Å². The molecule has 6 nitrogen and oxygen atoms in total. The molecule has 0 radical (unpaired) electrons. The number of nitrogens with zero attached hydrogens (tertiary/aromatic N) is 2. The smallest absolute Gasteiger partial charge is 0.273 e. The quantitative estimate of drug-likeness (QED) is 0.676. The minimum Gasteiger partial charge on any atom is -0.394 e. The standard InChI is InChI=1S/C13H15FN2O4/c14-10-5-9(6-12(7-10)16(19)20)13(18)15-4-2-1-3-11(15)8-17/h5-7,11,17H,1-4,8H2. The average Bonchev–Trinajstić information content (AvgIpc) is 2.45. The Morgan fingerprint density at radius 2 is 2.20 bits per heavy atom. The van der Waals surface area contributed by atoms with E-state index in [1.54, 1.807) is 0 Å². The van der Waals surface area contributed by atoms with Crippen LogP contribution in [0.15, 0.2) is 18.2 Å². The number of likely N-dealkylation sites (tertiary alicyclic amines) is 1. The molecule has 1 fully saturated rings. The molecule has 1 N–H and O–H groups in total. The molecular weight excluding hydrogens is 267 g/mol. The molecule has 1 saturated heterocycles. The number of hydrogen-bond donors (Lipinski definition) is 1. The van der Waals surface area contributed by atoms with Gasteiger partial charge in [-0.25, -0.2) is 4.39 Å². The molecule has 0 saturated carbocycles. The molecule has 1 amide bonds. The second-order valence-electron chi connectivity index (χ2n) is 4.79. The summed E-state index contributed by atoms with van der Waals surface area (Å²) >= 11 is 0. The summed E-state index contributed by atoms with van der Waals surface area (Å²) < 4.78 is 13.4. The van der Waals surface area contributed by atoms with E-state index in [-0.39, 0.29) is 18.2 Å². The van der Waals surface area contributed by atoms with Crippen LogP contribution in [0.5, 0.6) is 0 Å². The molecule has 1 aliphatic rings. The number of carbonyl (C=O) groups is 1. The fraction of sp³-hybridized carbons (Fsp3) is 0.462. The van der Waals surface area contributed by atoms with E-state index in [1.165, 1.54) is 4.90 Å². The number of carbonyl (C=O) groups excluding carboxylic acids is 1. The molecule has 0 bridgehead atoms. The Morgan fingerprint density at radius 1 is 1.45 bits per heavy atom. The van der Waals surface area contributed by atoms with Crippen LogP contribution in [0, 0.1) is 15.9 Å². The van der Waals surface area contributed by atoms with Crippen LogP contribution in [0.25, 0.3) is 0 Å². The molecule has 1 heterocycles. The summed E-state index contributed by atoms with van der Waals surface area (Å²) in [6, 6.07) is 2.52. The summed E-state index contributed by atoms with van der Waals surface area (Å²) in [4.78, 5) is 23.7. The van der Waals surface area contributed by atoms with Crippen LogP contribution in [-0.4, -0.2) is 40.0 Å². The number of nitro benzene ring substituents is 1. The number of halogens is 1. The zero-order valence-corrected chi connectivity index (χ0v) is 10.8. The van der Waals surface area contributed by atoms with Crippen molar-refractivity contribution in [3.05, 3.63) is 39.7 Å². The topological polar surface area (TPSA) is 83.7 Å². The lowest BCUT2D eigenvalue weighted by Gasteiger charge is -2.34. The maximum Gasteiger partial charge on any atom is 0.273 e. The van der Waals surface area contributed by atoms with Gasteiger partial charge in [-0.1, -0.05) is 0 Å². The van der Waals surface area contributed by atoms with Crippen LogP contribution in [0.4, 0.5) is 10.1 Å². The highest BCUT2D eigenvalue weighted by atomic mass is 19.1. The Balaban J connectivity index is 2.30. The molecule has 1 unspecified atom stereocenters. The second-order valence-corrected chi connectivity index (χ2v) is 4.79. The van der Waals surface area contributed by atoms with E-state index < -0.39 is 22.3 Å². The Hall–Kier alpha value is -2.02. The maximum atomic E-state index is 13.4. The van der Waals surface area contributed by atoms with Gasteiger partial charge in [0.25, 0.3) is 11.6 Å². The zero-order valence-electron chi connectivity index (χ0n) is 10.8. The lowest BCUT2D eigenvalue weighted by molar-refractivity contribution is -0.385. The number of benzene rings is 1. The summed E-state index contributed by atoms with van der Waals surface area (Å²) in [7, 11) is 0. The van der Waals surface area contributed by atoms with Crippen molar-refractivity contribution in [2.24, 2.45) is 0 Å². The first kappa shape index (κ1) is 14.4. The van der Waals surface area contributed by atoms with Gasteiger partial charge < -0.3 is 10.0 Å². The van der Waals surface area contributed by atoms with Crippen molar-refractivity contribution in [3.8, 4) is 0 Å². The number of non-ortho nitro benzene ring substituents is 1. The molecule has 108 valence electrons. The third-order valence-electron chi connectivity index (χ3n) is 3.44. The summed E-state index contributed by atoms with van der Waals surface area (Å²) in [6.45, 7) is 0.303. The van der Waals surface area contributed by atoms with E-state index in [0.717, 1.165) is 31.0 Å². The lowest BCUT2D eigenvalue weighted by atomic mass is 10.0. The van der Waals surface area contributed by atoms with Gasteiger partial charge in [0, 0.05) is 18.2 Å². The van der Waals surface area contributed by atoms with E-state index in [0.29, 0.717) is 13.0 Å². The van der Waals surface area contributed by atoms with Crippen molar-refractivity contribution in [3.63, 3.8) is 0 Å². The Morgan fingerprint density at radius 3 is 2.85 bits per heavy atom. The monoisotopic (exact) mass is 282 g/mol. The van der Waals surface area contributed by atoms with Gasteiger partial charge in [0.1, 0.15) is 5.82 Å². The number of hydrogen-bond acceptors (Lipinski definition) is 4. The van der Waals surface area contributed by atoms with Gasteiger partial charge in [-0.2, -0.15) is 0 Å². The number of amides is 1. The highest BCUT2D eigenvalue weighted by Gasteiger charge is 2.28. The number of rotatable bonds is 3. The minimum absolute atomic E-state index is 0.0583. The Bertz CT molecular complexity index is 535. The normalized spacial score (nSPS) is 18.9. The predicted octanol–water partition coefficient (Wildman–Crippen LogP) is 1.72. The number of piperidine rings is 1. The van der Waals surface area contributed by atoms with Crippen molar-refractivity contribution in [1.29, 1.82) is 0 Å². The van der Waals surface area contributed by atoms with E-state index in [1.807, 2.05) is 0 Å². The fourth-order valence-electron chi connectivity index (χ4n) is 2.43. The second kappa shape index (κ2) is 5.96. The van der Waals surface area contributed by atoms with Crippen LogP contribution in [0.3, 0.4) is 0 Å². The van der Waals surface area contributed by atoms with Crippen LogP contribution in [0.2, 0.25) is 0 Å². The predicted molar refractivity (Wildman–Crippen MR) is 68.8 cm³/mol. The van der Waals surface area contributed by atoms with Crippen molar-refractivity contribution in [1.82, 2.24) is 4.90 Å². The summed E-state index contributed by atoms with van der Waals surface area (Å²) in [5.74, 6) is -1.30. The first-order valence-electron chi connectivity index (χ1n) is 6.39. The molecule has 20 heavy (non-hydrogen) atoms. The third-order valence-corrected chi connectivity index (χ3v) is 3.44. The van der Waals surface area contributed by atoms with Gasteiger partial charge in [-0.05, 0) is 25.3 Å². The highest BCUT2D eigenvalue weighted by molar-refractivity contribution is 5.95. The molecule has 0 aromatic heterocycles. The Kier molecular flexibility index (Phi) is 4.29. The van der Waals surface area contributed by atoms with Gasteiger partial charge in [-0.15, -0.1) is 0 Å². The number of nitro groups is 1. The van der Waals surface area contributed by atoms with Gasteiger partial charge in [0.05, 0.1) is 23.6 Å². The summed E-state index contributed by atoms with van der Waals surface area (Å²) in [6.07, 6.45) is 2.40. The van der Waals surface area contributed by atoms with Gasteiger partial charge in [-0.3, -0.25) is 14.9 Å². The molecular formula is C13H15FN2O4. The third kappa shape index (κ3) is 2.93. The average molecular weight is 282 g/mol. The van der Waals surface area contributed by atoms with E-state index in [2.05, 4.69) is 0 Å². The van der Waals surface area contributed by atoms with E-state index >= 15 is 0 Å². The number of aliphatic hydroxyl groups is 1. The first-order chi connectivity index (χ1) is 9.52. The van der Waals surface area contributed by atoms with E-state index in [9.17, 15) is 24.4 Å². The molecule has 1 aliphatic heterocycles. The molecule has 1 atom stereocenters. The molecule has 0 aliphatic carbocycles. The van der Waals surface area contributed by atoms with Crippen LogP contribution in [-0.2, 0) is 0 Å². The summed E-state index contributed by atoms with van der Waals surface area (Å²) in [5, 5.41) is 20.0. The first-order valence-corrected chi connectivity index (χ1v) is 6.39. The SMILES string of the molecule is O=C(c1cc(F)cc([N+](=O)[O-])c1)N1CCCCC1CO. The Labute approximate surface area is 115 Å². The zero-order chi connectivity index (χ0) is 14.7. The fourth-order valence-corrected chi connectivity index (χ4v) is 2.43. The highest BCUT2D eigenvalue weighted by Crippen LogP contribution is 2.22. The van der Waals surface area contributed by atoms with Crippen LogP contribution >= 0.6 is 0 Å². The molecule has 1 aromatic rings. The van der Waals surface area contributed by atoms with Crippen molar-refractivity contribution < 1.29 is 19.2 Å². The molecule has 7 heteroatoms. The van der Waals surface area contributed by atoms with Gasteiger partial charge in [0.2, 0.25) is 0 Å². The van der Waals surface area contributed by atoms with Crippen molar-refractivity contribution >= 4 is 11.6 Å². The summed E-state index contributed by atoms with van der Waals surface area (Å²) in [5.41, 5.74) is -0.511. The maximum absolute atomic E-state index is 13.4. The lowest BCUT2D eigenvalue weighted by Crippen LogP contribution is -2.45. The molecule has 2 rings (SSSR count). The largest absolute Gasteiger partial charge is 0.394 e. The van der Waals surface area contributed by atoms with Crippen LogP contribution in [0.1, 0.15) is 29.6 Å². The van der Waals surface area contributed by atoms with Gasteiger partial charge in [0.15, 0.2) is 0 Å². The van der Waals surface area contributed by atoms with Crippen molar-refractivity contribution in [2.45, 2.75) is 25.3 Å². The molecule has 0 spiro atoms. The van der Waals surface area contributed by atoms with Gasteiger partial charge >= 0.3 is 0 Å². The molecule has 1 aromatic carbocycles. The number of aliphatic hydroxyl groups excluding tert-OH is 1.